The number of hydrogen-bond acceptors (Lipinski definition) is 5. The molecule has 2 heterocycles. The Morgan fingerprint density at radius 3 is 3.00 bits per heavy atom. The molecule has 1 fully saturated rings. The summed E-state index contributed by atoms with van der Waals surface area (Å²) in [5, 5.41) is 0. The van der Waals surface area contributed by atoms with Crippen molar-refractivity contribution >= 4 is 5.97 Å². The largest absolute Gasteiger partial charge is 0.462 e. The van der Waals surface area contributed by atoms with Crippen LogP contribution in [0.1, 0.15) is 48.1 Å². The van der Waals surface area contributed by atoms with Gasteiger partial charge in [0, 0.05) is 19.2 Å². The van der Waals surface area contributed by atoms with Gasteiger partial charge in [0.25, 0.3) is 6.43 Å². The minimum absolute atomic E-state index is 0.0334. The topological polar surface area (TPSA) is 61.3 Å². The predicted octanol–water partition coefficient (Wildman–Crippen LogP) is 2.31. The molecule has 0 radical (unpaired) electrons. The molecule has 110 valence electrons. The highest BCUT2D eigenvalue weighted by atomic mass is 19.3. The van der Waals surface area contributed by atoms with E-state index in [1.54, 1.807) is 6.92 Å². The molecule has 2 rings (SSSR count). The molecule has 0 aromatic carbocycles. The Kier molecular flexibility index (Phi) is 4.94. The average Bonchev–Trinajstić information content (AvgIpc) is 2.91. The quantitative estimate of drug-likeness (QED) is 0.777. The van der Waals surface area contributed by atoms with Crippen LogP contribution in [-0.4, -0.2) is 35.3 Å². The van der Waals surface area contributed by atoms with Gasteiger partial charge in [-0.25, -0.2) is 23.5 Å². The van der Waals surface area contributed by atoms with E-state index >= 15 is 0 Å². The molecule has 20 heavy (non-hydrogen) atoms. The van der Waals surface area contributed by atoms with Crippen molar-refractivity contribution in [2.45, 2.75) is 38.7 Å². The highest BCUT2D eigenvalue weighted by molar-refractivity contribution is 5.90. The fourth-order valence-electron chi connectivity index (χ4n) is 2.07. The minimum atomic E-state index is -2.85. The minimum Gasteiger partial charge on any atom is -0.462 e. The van der Waals surface area contributed by atoms with E-state index in [9.17, 15) is 13.6 Å². The molecule has 1 aliphatic heterocycles. The van der Waals surface area contributed by atoms with Crippen LogP contribution in [0.2, 0.25) is 0 Å². The number of rotatable bonds is 5. The zero-order valence-corrected chi connectivity index (χ0v) is 11.1. The first-order chi connectivity index (χ1) is 9.61. The second-order valence-electron chi connectivity index (χ2n) is 4.45. The van der Waals surface area contributed by atoms with E-state index in [0.29, 0.717) is 13.0 Å². The maximum absolute atomic E-state index is 13.0. The molecular weight excluding hydrogens is 270 g/mol. The highest BCUT2D eigenvalue weighted by Gasteiger charge is 2.24. The van der Waals surface area contributed by atoms with Gasteiger partial charge in [0.1, 0.15) is 17.1 Å². The van der Waals surface area contributed by atoms with Crippen LogP contribution < -0.4 is 0 Å². The molecule has 1 unspecified atom stereocenters. The standard InChI is InChI=1S/C13H16F2N2O3/c1-2-19-13(18)9-7-16-10(17-11(9)12(14)15)6-8-4-3-5-20-8/h7-8,12H,2-6H2,1H3. The summed E-state index contributed by atoms with van der Waals surface area (Å²) in [5.74, 6) is -0.563. The predicted molar refractivity (Wildman–Crippen MR) is 65.6 cm³/mol. The van der Waals surface area contributed by atoms with E-state index in [2.05, 4.69) is 9.97 Å². The summed E-state index contributed by atoms with van der Waals surface area (Å²) < 4.78 is 36.1. The van der Waals surface area contributed by atoms with E-state index in [0.717, 1.165) is 19.0 Å². The third-order valence-electron chi connectivity index (χ3n) is 3.00. The fourth-order valence-corrected chi connectivity index (χ4v) is 2.07. The van der Waals surface area contributed by atoms with Gasteiger partial charge in [-0.15, -0.1) is 0 Å². The van der Waals surface area contributed by atoms with Crippen LogP contribution in [0.4, 0.5) is 8.78 Å². The van der Waals surface area contributed by atoms with Crippen LogP contribution in [-0.2, 0) is 15.9 Å². The van der Waals surface area contributed by atoms with E-state index in [4.69, 9.17) is 9.47 Å². The van der Waals surface area contributed by atoms with Gasteiger partial charge in [-0.3, -0.25) is 0 Å². The summed E-state index contributed by atoms with van der Waals surface area (Å²) in [6, 6.07) is 0. The lowest BCUT2D eigenvalue weighted by Crippen LogP contribution is -2.16. The van der Waals surface area contributed by atoms with Gasteiger partial charge < -0.3 is 9.47 Å². The number of esters is 1. The zero-order chi connectivity index (χ0) is 14.5. The molecule has 0 amide bonds. The normalized spacial score (nSPS) is 18.5. The second-order valence-corrected chi connectivity index (χ2v) is 4.45. The third kappa shape index (κ3) is 3.47. The molecule has 1 saturated heterocycles. The van der Waals surface area contributed by atoms with Crippen LogP contribution in [0.5, 0.6) is 0 Å². The second kappa shape index (κ2) is 6.69. The van der Waals surface area contributed by atoms with Crippen molar-refractivity contribution in [3.05, 3.63) is 23.3 Å². The van der Waals surface area contributed by atoms with Gasteiger partial charge >= 0.3 is 5.97 Å². The highest BCUT2D eigenvalue weighted by Crippen LogP contribution is 2.22. The first-order valence-corrected chi connectivity index (χ1v) is 6.54. The molecule has 1 aromatic heterocycles. The first kappa shape index (κ1) is 14.8. The van der Waals surface area contributed by atoms with Crippen molar-refractivity contribution < 1.29 is 23.0 Å². The van der Waals surface area contributed by atoms with Crippen LogP contribution in [0, 0.1) is 0 Å². The van der Waals surface area contributed by atoms with E-state index < -0.39 is 18.1 Å². The summed E-state index contributed by atoms with van der Waals surface area (Å²) in [4.78, 5) is 19.3. The van der Waals surface area contributed by atoms with Crippen LogP contribution >= 0.6 is 0 Å². The molecule has 7 heteroatoms. The molecule has 5 nitrogen and oxygen atoms in total. The van der Waals surface area contributed by atoms with Gasteiger partial charge in [0.2, 0.25) is 0 Å². The number of carbonyl (C=O) groups is 1. The molecule has 0 spiro atoms. The summed E-state index contributed by atoms with van der Waals surface area (Å²) in [7, 11) is 0. The van der Waals surface area contributed by atoms with Crippen molar-refractivity contribution in [2.75, 3.05) is 13.2 Å². The molecule has 0 bridgehead atoms. The summed E-state index contributed by atoms with van der Waals surface area (Å²) in [6.45, 7) is 2.39. The monoisotopic (exact) mass is 286 g/mol. The molecule has 1 aromatic rings. The van der Waals surface area contributed by atoms with Crippen LogP contribution in [0.25, 0.3) is 0 Å². The van der Waals surface area contributed by atoms with Crippen molar-refractivity contribution in [3.8, 4) is 0 Å². The Balaban J connectivity index is 2.20. The Morgan fingerprint density at radius 1 is 1.60 bits per heavy atom. The van der Waals surface area contributed by atoms with Gasteiger partial charge in [-0.2, -0.15) is 0 Å². The first-order valence-electron chi connectivity index (χ1n) is 6.54. The van der Waals surface area contributed by atoms with Crippen molar-refractivity contribution in [2.24, 2.45) is 0 Å². The zero-order valence-electron chi connectivity index (χ0n) is 11.1. The number of ether oxygens (including phenoxy) is 2. The number of carbonyl (C=O) groups excluding carboxylic acids is 1. The Hall–Kier alpha value is -1.63. The Morgan fingerprint density at radius 2 is 2.40 bits per heavy atom. The van der Waals surface area contributed by atoms with E-state index in [-0.39, 0.29) is 24.1 Å². The Labute approximate surface area is 115 Å². The third-order valence-corrected chi connectivity index (χ3v) is 3.00. The number of aromatic nitrogens is 2. The molecule has 0 N–H and O–H groups in total. The van der Waals surface area contributed by atoms with Crippen molar-refractivity contribution in [1.82, 2.24) is 9.97 Å². The van der Waals surface area contributed by atoms with E-state index in [1.165, 1.54) is 0 Å². The molecular formula is C13H16F2N2O3. The molecule has 0 aliphatic carbocycles. The Bertz CT molecular complexity index is 477. The molecule has 1 aliphatic rings. The average molecular weight is 286 g/mol. The van der Waals surface area contributed by atoms with Gasteiger partial charge in [-0.1, -0.05) is 0 Å². The number of nitrogens with zero attached hydrogens (tertiary/aromatic N) is 2. The van der Waals surface area contributed by atoms with Crippen LogP contribution in [0.15, 0.2) is 6.20 Å². The fraction of sp³-hybridized carbons (Fsp3) is 0.615. The van der Waals surface area contributed by atoms with Crippen LogP contribution in [0.3, 0.4) is 0 Å². The number of halogens is 2. The lowest BCUT2D eigenvalue weighted by Gasteiger charge is -2.11. The lowest BCUT2D eigenvalue weighted by atomic mass is 10.1. The van der Waals surface area contributed by atoms with Gasteiger partial charge in [-0.05, 0) is 19.8 Å². The smallest absolute Gasteiger partial charge is 0.341 e. The van der Waals surface area contributed by atoms with Crippen molar-refractivity contribution in [1.29, 1.82) is 0 Å². The molecule has 1 atom stereocenters. The molecule has 0 saturated carbocycles. The summed E-state index contributed by atoms with van der Waals surface area (Å²) >= 11 is 0. The maximum atomic E-state index is 13.0. The number of hydrogen-bond donors (Lipinski definition) is 0. The maximum Gasteiger partial charge on any atom is 0.341 e. The summed E-state index contributed by atoms with van der Waals surface area (Å²) in [6.07, 6.45) is 0.425. The lowest BCUT2D eigenvalue weighted by molar-refractivity contribution is 0.0512. The van der Waals surface area contributed by atoms with Crippen molar-refractivity contribution in [3.63, 3.8) is 0 Å². The summed E-state index contributed by atoms with van der Waals surface area (Å²) in [5.41, 5.74) is -0.857. The van der Waals surface area contributed by atoms with Gasteiger partial charge in [0.05, 0.1) is 12.7 Å². The number of alkyl halides is 2. The SMILES string of the molecule is CCOC(=O)c1cnc(CC2CCCO2)nc1C(F)F. The van der Waals surface area contributed by atoms with Gasteiger partial charge in [0.15, 0.2) is 0 Å². The van der Waals surface area contributed by atoms with E-state index in [1.807, 2.05) is 0 Å².